The van der Waals surface area contributed by atoms with Crippen LogP contribution >= 0.6 is 0 Å². The van der Waals surface area contributed by atoms with Crippen LogP contribution in [-0.4, -0.2) is 50.8 Å². The van der Waals surface area contributed by atoms with Crippen LogP contribution in [0.4, 0.5) is 0 Å². The Labute approximate surface area is 107 Å². The molecule has 1 rings (SSSR count). The molecule has 17 heavy (non-hydrogen) atoms. The van der Waals surface area contributed by atoms with Crippen LogP contribution in [-0.2, 0) is 4.74 Å². The number of nitrogens with one attached hydrogen (secondary N) is 1. The first-order valence-corrected chi connectivity index (χ1v) is 7.25. The largest absolute Gasteiger partial charge is 0.383 e. The lowest BCUT2D eigenvalue weighted by Crippen LogP contribution is -2.41. The average Bonchev–Trinajstić information content (AvgIpc) is 2.79. The van der Waals surface area contributed by atoms with Gasteiger partial charge in [0.15, 0.2) is 0 Å². The molecular formula is C14H30N2O. The van der Waals surface area contributed by atoms with E-state index in [9.17, 15) is 0 Å². The third-order valence-corrected chi connectivity index (χ3v) is 4.01. The molecule has 3 heteroatoms. The third-order valence-electron chi connectivity index (χ3n) is 4.01. The number of methoxy groups -OCH3 is 1. The summed E-state index contributed by atoms with van der Waals surface area (Å²) in [6.07, 6.45) is 5.37. The smallest absolute Gasteiger partial charge is 0.0587 e. The summed E-state index contributed by atoms with van der Waals surface area (Å²) in [5.74, 6) is 0.884. The molecule has 0 bridgehead atoms. The van der Waals surface area contributed by atoms with Crippen molar-refractivity contribution in [1.29, 1.82) is 0 Å². The molecule has 0 spiro atoms. The molecule has 0 aliphatic carbocycles. The van der Waals surface area contributed by atoms with Crippen molar-refractivity contribution in [3.63, 3.8) is 0 Å². The van der Waals surface area contributed by atoms with E-state index in [-0.39, 0.29) is 0 Å². The Hall–Kier alpha value is -0.120. The van der Waals surface area contributed by atoms with Gasteiger partial charge in [0.2, 0.25) is 0 Å². The summed E-state index contributed by atoms with van der Waals surface area (Å²) in [5.41, 5.74) is 0. The van der Waals surface area contributed by atoms with Gasteiger partial charge in [-0.3, -0.25) is 4.90 Å². The maximum absolute atomic E-state index is 5.06. The molecule has 0 aromatic rings. The zero-order valence-corrected chi connectivity index (χ0v) is 11.9. The Morgan fingerprint density at radius 1 is 1.35 bits per heavy atom. The Bertz CT molecular complexity index is 183. The molecule has 1 saturated heterocycles. The van der Waals surface area contributed by atoms with Crippen molar-refractivity contribution in [3.8, 4) is 0 Å². The van der Waals surface area contributed by atoms with E-state index >= 15 is 0 Å². The quantitative estimate of drug-likeness (QED) is 0.627. The zero-order valence-electron chi connectivity index (χ0n) is 11.9. The minimum absolute atomic E-state index is 0.757. The minimum Gasteiger partial charge on any atom is -0.383 e. The Morgan fingerprint density at radius 3 is 2.76 bits per heavy atom. The van der Waals surface area contributed by atoms with Gasteiger partial charge in [-0.2, -0.15) is 0 Å². The minimum atomic E-state index is 0.757. The molecule has 1 heterocycles. The van der Waals surface area contributed by atoms with Crippen LogP contribution in [0.2, 0.25) is 0 Å². The van der Waals surface area contributed by atoms with Crippen molar-refractivity contribution >= 4 is 0 Å². The van der Waals surface area contributed by atoms with Gasteiger partial charge in [-0.15, -0.1) is 0 Å². The molecule has 1 N–H and O–H groups in total. The highest BCUT2D eigenvalue weighted by atomic mass is 16.5. The van der Waals surface area contributed by atoms with E-state index < -0.39 is 0 Å². The van der Waals surface area contributed by atoms with Crippen molar-refractivity contribution in [2.75, 3.05) is 39.9 Å². The fourth-order valence-electron chi connectivity index (χ4n) is 2.69. The summed E-state index contributed by atoms with van der Waals surface area (Å²) in [4.78, 5) is 2.69. The number of hydrogen-bond donors (Lipinski definition) is 1. The topological polar surface area (TPSA) is 24.5 Å². The van der Waals surface area contributed by atoms with Crippen molar-refractivity contribution in [3.05, 3.63) is 0 Å². The van der Waals surface area contributed by atoms with E-state index in [4.69, 9.17) is 4.74 Å². The Balaban J connectivity index is 2.23. The fourth-order valence-corrected chi connectivity index (χ4v) is 2.69. The first-order chi connectivity index (χ1) is 8.31. The monoisotopic (exact) mass is 242 g/mol. The van der Waals surface area contributed by atoms with E-state index in [1.807, 2.05) is 0 Å². The predicted molar refractivity (Wildman–Crippen MR) is 73.4 cm³/mol. The average molecular weight is 242 g/mol. The van der Waals surface area contributed by atoms with E-state index in [1.165, 1.54) is 38.8 Å². The van der Waals surface area contributed by atoms with E-state index in [0.717, 1.165) is 31.7 Å². The number of ether oxygens (including phenoxy) is 1. The summed E-state index contributed by atoms with van der Waals surface area (Å²) in [7, 11) is 1.76. The van der Waals surface area contributed by atoms with Gasteiger partial charge in [0.25, 0.3) is 0 Å². The highest BCUT2D eigenvalue weighted by molar-refractivity contribution is 4.82. The molecule has 0 saturated carbocycles. The van der Waals surface area contributed by atoms with Crippen LogP contribution in [0.25, 0.3) is 0 Å². The van der Waals surface area contributed by atoms with Crippen molar-refractivity contribution in [1.82, 2.24) is 10.2 Å². The van der Waals surface area contributed by atoms with Gasteiger partial charge in [-0.25, -0.2) is 0 Å². The normalized spacial score (nSPS) is 21.5. The van der Waals surface area contributed by atoms with Crippen LogP contribution < -0.4 is 5.32 Å². The standard InChI is InChI=1S/C14H30N2O/c1-4-13(5-2)12-16-9-6-7-14(16)11-15-8-10-17-3/h13-15H,4-12H2,1-3H3. The first-order valence-electron chi connectivity index (χ1n) is 7.25. The first kappa shape index (κ1) is 14.9. The maximum atomic E-state index is 5.06. The van der Waals surface area contributed by atoms with Gasteiger partial charge < -0.3 is 10.1 Å². The van der Waals surface area contributed by atoms with Gasteiger partial charge in [0, 0.05) is 32.8 Å². The Morgan fingerprint density at radius 2 is 2.12 bits per heavy atom. The number of likely N-dealkylation sites (tertiary alicyclic amines) is 1. The molecule has 3 nitrogen and oxygen atoms in total. The van der Waals surface area contributed by atoms with E-state index in [2.05, 4.69) is 24.1 Å². The number of hydrogen-bond acceptors (Lipinski definition) is 3. The molecule has 1 aliphatic rings. The molecule has 0 amide bonds. The SMILES string of the molecule is CCC(CC)CN1CCCC1CNCCOC. The highest BCUT2D eigenvalue weighted by Gasteiger charge is 2.25. The summed E-state index contributed by atoms with van der Waals surface area (Å²) < 4.78 is 5.06. The fraction of sp³-hybridized carbons (Fsp3) is 1.00. The highest BCUT2D eigenvalue weighted by Crippen LogP contribution is 2.20. The Kier molecular flexibility index (Phi) is 7.82. The summed E-state index contributed by atoms with van der Waals surface area (Å²) in [5, 5.41) is 3.50. The molecule has 0 aromatic carbocycles. The number of rotatable bonds is 9. The summed E-state index contributed by atoms with van der Waals surface area (Å²) >= 11 is 0. The second-order valence-corrected chi connectivity index (χ2v) is 5.17. The van der Waals surface area contributed by atoms with Crippen LogP contribution in [0.15, 0.2) is 0 Å². The molecule has 1 atom stereocenters. The lowest BCUT2D eigenvalue weighted by molar-refractivity contribution is 0.183. The van der Waals surface area contributed by atoms with Gasteiger partial charge in [-0.05, 0) is 25.3 Å². The molecule has 1 aliphatic heterocycles. The molecule has 0 aromatic heterocycles. The van der Waals surface area contributed by atoms with Gasteiger partial charge in [0.05, 0.1) is 6.61 Å². The van der Waals surface area contributed by atoms with Crippen molar-refractivity contribution < 1.29 is 4.74 Å². The second kappa shape index (κ2) is 8.90. The molecule has 1 unspecified atom stereocenters. The van der Waals surface area contributed by atoms with Crippen LogP contribution in [0.3, 0.4) is 0 Å². The van der Waals surface area contributed by atoms with Crippen LogP contribution in [0.1, 0.15) is 39.5 Å². The molecular weight excluding hydrogens is 212 g/mol. The molecule has 0 radical (unpaired) electrons. The lowest BCUT2D eigenvalue weighted by atomic mass is 10.0. The van der Waals surface area contributed by atoms with Gasteiger partial charge in [0.1, 0.15) is 0 Å². The van der Waals surface area contributed by atoms with Crippen LogP contribution in [0.5, 0.6) is 0 Å². The second-order valence-electron chi connectivity index (χ2n) is 5.17. The summed E-state index contributed by atoms with van der Waals surface area (Å²) in [6, 6.07) is 0.757. The van der Waals surface area contributed by atoms with Gasteiger partial charge in [-0.1, -0.05) is 26.7 Å². The third kappa shape index (κ3) is 5.36. The van der Waals surface area contributed by atoms with E-state index in [1.54, 1.807) is 7.11 Å². The van der Waals surface area contributed by atoms with Crippen LogP contribution in [0, 0.1) is 5.92 Å². The van der Waals surface area contributed by atoms with Crippen molar-refractivity contribution in [2.24, 2.45) is 5.92 Å². The van der Waals surface area contributed by atoms with Gasteiger partial charge >= 0.3 is 0 Å². The zero-order chi connectivity index (χ0) is 12.5. The van der Waals surface area contributed by atoms with E-state index in [0.29, 0.717) is 0 Å². The maximum Gasteiger partial charge on any atom is 0.0587 e. The molecule has 1 fully saturated rings. The number of nitrogens with zero attached hydrogens (tertiary/aromatic N) is 1. The molecule has 102 valence electrons. The lowest BCUT2D eigenvalue weighted by Gasteiger charge is -2.28. The summed E-state index contributed by atoms with van der Waals surface area (Å²) in [6.45, 7) is 10.2. The van der Waals surface area contributed by atoms with Crippen molar-refractivity contribution in [2.45, 2.75) is 45.6 Å². The predicted octanol–water partition coefficient (Wildman–Crippen LogP) is 2.12.